The van der Waals surface area contributed by atoms with Crippen molar-refractivity contribution in [1.29, 1.82) is 0 Å². The maximum Gasteiger partial charge on any atom is 0.306 e. The number of aliphatic carboxylic acids is 1. The first-order valence-corrected chi connectivity index (χ1v) is 10.6. The number of amides is 1. The molecule has 2 atom stereocenters. The smallest absolute Gasteiger partial charge is 0.306 e. The van der Waals surface area contributed by atoms with Gasteiger partial charge in [-0.2, -0.15) is 0 Å². The zero-order valence-corrected chi connectivity index (χ0v) is 17.8. The number of carboxylic acids is 1. The molecule has 1 aliphatic rings. The normalized spacial score (nSPS) is 19.2. The quantitative estimate of drug-likeness (QED) is 0.575. The molecular weight excluding hydrogens is 402 g/mol. The van der Waals surface area contributed by atoms with Crippen molar-refractivity contribution in [2.75, 3.05) is 6.54 Å². The largest absolute Gasteiger partial charge is 0.481 e. The molecule has 2 unspecified atom stereocenters. The number of likely N-dealkylation sites (tertiary alicyclic amines) is 1. The van der Waals surface area contributed by atoms with E-state index in [-0.39, 0.29) is 11.9 Å². The van der Waals surface area contributed by atoms with Gasteiger partial charge in [-0.1, -0.05) is 42.8 Å². The van der Waals surface area contributed by atoms with Crippen LogP contribution in [0.2, 0.25) is 5.02 Å². The van der Waals surface area contributed by atoms with Crippen molar-refractivity contribution in [3.8, 4) is 11.1 Å². The number of rotatable bonds is 4. The lowest BCUT2D eigenvalue weighted by atomic mass is 9.89. The number of aryl methyl sites for hydroxylation is 1. The topological polar surface area (TPSA) is 70.8 Å². The Kier molecular flexibility index (Phi) is 5.56. The van der Waals surface area contributed by atoms with Crippen LogP contribution in [0.5, 0.6) is 0 Å². The number of piperidine rings is 1. The lowest BCUT2D eigenvalue weighted by Gasteiger charge is -2.37. The number of hydrogen-bond acceptors (Lipinski definition) is 3. The zero-order valence-electron chi connectivity index (χ0n) is 17.0. The second-order valence-electron chi connectivity index (χ2n) is 7.89. The lowest BCUT2D eigenvalue weighted by Crippen LogP contribution is -2.47. The minimum atomic E-state index is -0.782. The maximum atomic E-state index is 13.3. The number of carboxylic acid groups (broad SMARTS) is 1. The number of fused-ring (bicyclic) bond motifs is 1. The Morgan fingerprint density at radius 3 is 2.53 bits per heavy atom. The van der Waals surface area contributed by atoms with Gasteiger partial charge in [-0.3, -0.25) is 9.59 Å². The average Bonchev–Trinajstić information content (AvgIpc) is 3.09. The minimum Gasteiger partial charge on any atom is -0.481 e. The lowest BCUT2D eigenvalue weighted by molar-refractivity contribution is -0.143. The third-order valence-electron chi connectivity index (χ3n) is 6.11. The van der Waals surface area contributed by atoms with Gasteiger partial charge in [0.25, 0.3) is 5.91 Å². The second-order valence-corrected chi connectivity index (χ2v) is 8.33. The van der Waals surface area contributed by atoms with Crippen LogP contribution in [-0.4, -0.2) is 34.5 Å². The molecule has 1 saturated heterocycles. The molecule has 30 heavy (non-hydrogen) atoms. The van der Waals surface area contributed by atoms with Crippen LogP contribution < -0.4 is 0 Å². The van der Waals surface area contributed by atoms with E-state index in [4.69, 9.17) is 16.0 Å². The molecule has 6 heteroatoms. The minimum absolute atomic E-state index is 0.0930. The van der Waals surface area contributed by atoms with Crippen molar-refractivity contribution in [2.45, 2.75) is 39.2 Å². The predicted molar refractivity (Wildman–Crippen MR) is 117 cm³/mol. The highest BCUT2D eigenvalue weighted by Gasteiger charge is 2.35. The molecule has 2 aromatic carbocycles. The van der Waals surface area contributed by atoms with Crippen LogP contribution in [0, 0.1) is 12.8 Å². The van der Waals surface area contributed by atoms with Crippen molar-refractivity contribution in [2.24, 2.45) is 5.92 Å². The summed E-state index contributed by atoms with van der Waals surface area (Å²) in [4.78, 5) is 26.5. The van der Waals surface area contributed by atoms with Crippen LogP contribution in [0.4, 0.5) is 0 Å². The van der Waals surface area contributed by atoms with Crippen LogP contribution in [0.1, 0.15) is 42.3 Å². The van der Waals surface area contributed by atoms with E-state index >= 15 is 0 Å². The summed E-state index contributed by atoms with van der Waals surface area (Å²) in [5.74, 6) is -0.995. The fourth-order valence-corrected chi connectivity index (χ4v) is 4.44. The van der Waals surface area contributed by atoms with Crippen molar-refractivity contribution in [1.82, 2.24) is 4.90 Å². The SMILES string of the molecule is CCC1CC(C(=O)O)CCN1C(=O)c1oc2cc(-c3ccc(Cl)cc3)ccc2c1C. The molecular formula is C24H24ClNO4. The standard InChI is InChI=1S/C24H24ClNO4/c1-3-19-12-17(24(28)29)10-11-26(19)23(27)22-14(2)20-9-6-16(13-21(20)30-22)15-4-7-18(25)8-5-15/h4-9,13,17,19H,3,10-12H2,1-2H3,(H,28,29). The van der Waals surface area contributed by atoms with Crippen LogP contribution in [0.25, 0.3) is 22.1 Å². The Bertz CT molecular complexity index is 1100. The number of carbonyl (C=O) groups excluding carboxylic acids is 1. The number of hydrogen-bond donors (Lipinski definition) is 1. The van der Waals surface area contributed by atoms with E-state index in [1.807, 2.05) is 56.3 Å². The van der Waals surface area contributed by atoms with Crippen LogP contribution in [0.15, 0.2) is 46.9 Å². The molecule has 5 nitrogen and oxygen atoms in total. The number of halogens is 1. The van der Waals surface area contributed by atoms with Crippen molar-refractivity contribution in [3.63, 3.8) is 0 Å². The Balaban J connectivity index is 1.65. The molecule has 0 bridgehead atoms. The molecule has 0 radical (unpaired) electrons. The maximum absolute atomic E-state index is 13.3. The molecule has 156 valence electrons. The first kappa shape index (κ1) is 20.5. The van der Waals surface area contributed by atoms with Crippen molar-refractivity contribution >= 4 is 34.4 Å². The second kappa shape index (κ2) is 8.15. The highest BCUT2D eigenvalue weighted by molar-refractivity contribution is 6.30. The van der Waals surface area contributed by atoms with Gasteiger partial charge < -0.3 is 14.4 Å². The van der Waals surface area contributed by atoms with Crippen molar-refractivity contribution in [3.05, 3.63) is 58.8 Å². The van der Waals surface area contributed by atoms with Gasteiger partial charge in [0.15, 0.2) is 5.76 Å². The molecule has 3 aromatic rings. The molecule has 2 heterocycles. The average molecular weight is 426 g/mol. The summed E-state index contributed by atoms with van der Waals surface area (Å²) in [5, 5.41) is 10.9. The summed E-state index contributed by atoms with van der Waals surface area (Å²) in [6.07, 6.45) is 1.67. The number of nitrogens with zero attached hydrogens (tertiary/aromatic N) is 1. The monoisotopic (exact) mass is 425 g/mol. The van der Waals surface area contributed by atoms with E-state index in [0.29, 0.717) is 35.8 Å². The van der Waals surface area contributed by atoms with E-state index in [1.165, 1.54) is 0 Å². The van der Waals surface area contributed by atoms with E-state index < -0.39 is 11.9 Å². The molecule has 1 aliphatic heterocycles. The molecule has 1 fully saturated rings. The zero-order chi connectivity index (χ0) is 21.4. The van der Waals surface area contributed by atoms with Crippen molar-refractivity contribution < 1.29 is 19.1 Å². The Morgan fingerprint density at radius 2 is 1.87 bits per heavy atom. The van der Waals surface area contributed by atoms with Gasteiger partial charge in [-0.25, -0.2) is 0 Å². The first-order valence-electron chi connectivity index (χ1n) is 10.2. The summed E-state index contributed by atoms with van der Waals surface area (Å²) in [6.45, 7) is 4.31. The highest BCUT2D eigenvalue weighted by atomic mass is 35.5. The number of furan rings is 1. The fourth-order valence-electron chi connectivity index (χ4n) is 4.31. The van der Waals surface area contributed by atoms with Gasteiger partial charge in [-0.05, 0) is 55.5 Å². The van der Waals surface area contributed by atoms with Crippen LogP contribution in [0.3, 0.4) is 0 Å². The Morgan fingerprint density at radius 1 is 1.17 bits per heavy atom. The molecule has 0 aliphatic carbocycles. The van der Waals surface area contributed by atoms with Crippen LogP contribution >= 0.6 is 11.6 Å². The molecule has 1 N–H and O–H groups in total. The van der Waals surface area contributed by atoms with E-state index in [2.05, 4.69) is 0 Å². The van der Waals surface area contributed by atoms with E-state index in [1.54, 1.807) is 4.90 Å². The van der Waals surface area contributed by atoms with Gasteiger partial charge in [0.2, 0.25) is 0 Å². The first-order chi connectivity index (χ1) is 14.4. The van der Waals surface area contributed by atoms with Crippen LogP contribution in [-0.2, 0) is 4.79 Å². The molecule has 0 saturated carbocycles. The fraction of sp³-hybridized carbons (Fsp3) is 0.333. The van der Waals surface area contributed by atoms with Gasteiger partial charge >= 0.3 is 5.97 Å². The summed E-state index contributed by atoms with van der Waals surface area (Å²) in [7, 11) is 0. The Labute approximate surface area is 180 Å². The van der Waals surface area contributed by atoms with Gasteiger partial charge in [-0.15, -0.1) is 0 Å². The highest BCUT2D eigenvalue weighted by Crippen LogP contribution is 2.33. The summed E-state index contributed by atoms with van der Waals surface area (Å²) in [6, 6.07) is 13.4. The summed E-state index contributed by atoms with van der Waals surface area (Å²) < 4.78 is 6.03. The van der Waals surface area contributed by atoms with E-state index in [0.717, 1.165) is 28.5 Å². The van der Waals surface area contributed by atoms with Gasteiger partial charge in [0.05, 0.1) is 5.92 Å². The summed E-state index contributed by atoms with van der Waals surface area (Å²) >= 11 is 5.98. The molecule has 1 amide bonds. The van der Waals surface area contributed by atoms with E-state index in [9.17, 15) is 14.7 Å². The molecule has 0 spiro atoms. The Hall–Kier alpha value is -2.79. The predicted octanol–water partition coefficient (Wildman–Crippen LogP) is 5.78. The number of carbonyl (C=O) groups is 2. The van der Waals surface area contributed by atoms with Gasteiger partial charge in [0.1, 0.15) is 5.58 Å². The molecule has 4 rings (SSSR count). The molecule has 1 aromatic heterocycles. The summed E-state index contributed by atoms with van der Waals surface area (Å²) in [5.41, 5.74) is 3.48. The third-order valence-corrected chi connectivity index (χ3v) is 6.36. The third kappa shape index (κ3) is 3.70. The van der Waals surface area contributed by atoms with Gasteiger partial charge in [0, 0.05) is 28.6 Å². The number of benzene rings is 2.